The Kier molecular flexibility index (Phi) is 3.09. The summed E-state index contributed by atoms with van der Waals surface area (Å²) in [6.07, 6.45) is 4.21. The van der Waals surface area contributed by atoms with Crippen molar-refractivity contribution in [1.82, 2.24) is 9.97 Å². The van der Waals surface area contributed by atoms with Gasteiger partial charge < -0.3 is 5.11 Å². The molecule has 0 amide bonds. The number of carboxylic acid groups (broad SMARTS) is 1. The molecule has 0 saturated carbocycles. The fourth-order valence-electron chi connectivity index (χ4n) is 1.46. The summed E-state index contributed by atoms with van der Waals surface area (Å²) in [5.74, 6) is -1.56. The second-order valence-corrected chi connectivity index (χ2v) is 3.49. The standard InChI is InChI=1S/C12H9FN2O2/c13-10-4-8(5-11(16)17)6-15-12(10)9-2-1-3-14-7-9/h1-4,6-7H,5H2,(H,16,17). The topological polar surface area (TPSA) is 63.1 Å². The summed E-state index contributed by atoms with van der Waals surface area (Å²) in [7, 11) is 0. The van der Waals surface area contributed by atoms with Gasteiger partial charge in [0.1, 0.15) is 11.5 Å². The molecule has 17 heavy (non-hydrogen) atoms. The van der Waals surface area contributed by atoms with Crippen molar-refractivity contribution >= 4 is 5.97 Å². The molecule has 0 atom stereocenters. The Morgan fingerprint density at radius 2 is 2.24 bits per heavy atom. The second-order valence-electron chi connectivity index (χ2n) is 3.49. The fourth-order valence-corrected chi connectivity index (χ4v) is 1.46. The van der Waals surface area contributed by atoms with E-state index in [1.807, 2.05) is 0 Å². The molecule has 0 radical (unpaired) electrons. The number of aromatic nitrogens is 2. The van der Waals surface area contributed by atoms with Crippen molar-refractivity contribution in [2.24, 2.45) is 0 Å². The van der Waals surface area contributed by atoms with E-state index >= 15 is 0 Å². The highest BCUT2D eigenvalue weighted by atomic mass is 19.1. The summed E-state index contributed by atoms with van der Waals surface area (Å²) < 4.78 is 13.7. The molecule has 1 N–H and O–H groups in total. The molecule has 0 saturated heterocycles. The summed E-state index contributed by atoms with van der Waals surface area (Å²) in [4.78, 5) is 18.3. The van der Waals surface area contributed by atoms with Crippen molar-refractivity contribution in [1.29, 1.82) is 0 Å². The molecule has 0 spiro atoms. The first-order valence-electron chi connectivity index (χ1n) is 4.93. The normalized spacial score (nSPS) is 10.2. The predicted octanol–water partition coefficient (Wildman–Crippen LogP) is 1.91. The molecule has 0 aliphatic heterocycles. The van der Waals surface area contributed by atoms with E-state index in [2.05, 4.69) is 9.97 Å². The summed E-state index contributed by atoms with van der Waals surface area (Å²) in [5, 5.41) is 8.58. The lowest BCUT2D eigenvalue weighted by atomic mass is 10.1. The molecular weight excluding hydrogens is 223 g/mol. The minimum Gasteiger partial charge on any atom is -0.481 e. The van der Waals surface area contributed by atoms with Crippen molar-refractivity contribution < 1.29 is 14.3 Å². The number of aliphatic carboxylic acids is 1. The van der Waals surface area contributed by atoms with E-state index in [-0.39, 0.29) is 12.1 Å². The lowest BCUT2D eigenvalue weighted by Gasteiger charge is -2.03. The fraction of sp³-hybridized carbons (Fsp3) is 0.0833. The SMILES string of the molecule is O=C(O)Cc1cnc(-c2cccnc2)c(F)c1. The summed E-state index contributed by atoms with van der Waals surface area (Å²) in [5.41, 5.74) is 1.07. The number of hydrogen-bond acceptors (Lipinski definition) is 3. The van der Waals surface area contributed by atoms with Gasteiger partial charge in [0, 0.05) is 24.2 Å². The maximum absolute atomic E-state index is 13.7. The zero-order valence-electron chi connectivity index (χ0n) is 8.80. The molecule has 5 heteroatoms. The molecule has 2 aromatic rings. The van der Waals surface area contributed by atoms with Crippen molar-refractivity contribution in [3.8, 4) is 11.3 Å². The lowest BCUT2D eigenvalue weighted by molar-refractivity contribution is -0.136. The Morgan fingerprint density at radius 1 is 1.41 bits per heavy atom. The molecule has 0 fully saturated rings. The second kappa shape index (κ2) is 4.69. The van der Waals surface area contributed by atoms with Crippen LogP contribution in [0.2, 0.25) is 0 Å². The van der Waals surface area contributed by atoms with Gasteiger partial charge in [0.15, 0.2) is 0 Å². The molecule has 0 bridgehead atoms. The van der Waals surface area contributed by atoms with Gasteiger partial charge in [-0.2, -0.15) is 0 Å². The highest BCUT2D eigenvalue weighted by Crippen LogP contribution is 2.19. The van der Waals surface area contributed by atoms with Crippen LogP contribution in [0.5, 0.6) is 0 Å². The van der Waals surface area contributed by atoms with Crippen LogP contribution in [0.3, 0.4) is 0 Å². The highest BCUT2D eigenvalue weighted by Gasteiger charge is 2.09. The number of carbonyl (C=O) groups is 1. The van der Waals surface area contributed by atoms with Crippen LogP contribution in [0.25, 0.3) is 11.3 Å². The Hall–Kier alpha value is -2.30. The largest absolute Gasteiger partial charge is 0.481 e. The van der Waals surface area contributed by atoms with Crippen LogP contribution < -0.4 is 0 Å². The third-order valence-electron chi connectivity index (χ3n) is 2.19. The van der Waals surface area contributed by atoms with Gasteiger partial charge in [-0.15, -0.1) is 0 Å². The number of carboxylic acids is 1. The molecule has 2 aromatic heterocycles. The Labute approximate surface area is 96.8 Å². The monoisotopic (exact) mass is 232 g/mol. The molecule has 4 nitrogen and oxygen atoms in total. The van der Waals surface area contributed by atoms with E-state index in [4.69, 9.17) is 5.11 Å². The maximum atomic E-state index is 13.7. The Balaban J connectivity index is 2.35. The average Bonchev–Trinajstić information content (AvgIpc) is 2.29. The zero-order valence-corrected chi connectivity index (χ0v) is 8.80. The third-order valence-corrected chi connectivity index (χ3v) is 2.19. The first kappa shape index (κ1) is 11.2. The van der Waals surface area contributed by atoms with Crippen LogP contribution in [-0.4, -0.2) is 21.0 Å². The van der Waals surface area contributed by atoms with Crippen molar-refractivity contribution in [3.05, 3.63) is 48.2 Å². The van der Waals surface area contributed by atoms with E-state index in [1.165, 1.54) is 18.5 Å². The molecule has 0 aromatic carbocycles. The smallest absolute Gasteiger partial charge is 0.307 e. The lowest BCUT2D eigenvalue weighted by Crippen LogP contribution is -2.02. The average molecular weight is 232 g/mol. The van der Waals surface area contributed by atoms with Gasteiger partial charge >= 0.3 is 5.97 Å². The van der Waals surface area contributed by atoms with E-state index in [9.17, 15) is 9.18 Å². The number of hydrogen-bond donors (Lipinski definition) is 1. The number of nitrogens with zero attached hydrogens (tertiary/aromatic N) is 2. The number of pyridine rings is 2. The van der Waals surface area contributed by atoms with Gasteiger partial charge in [-0.1, -0.05) is 0 Å². The molecule has 86 valence electrons. The van der Waals surface area contributed by atoms with Gasteiger partial charge in [0.05, 0.1) is 6.42 Å². The van der Waals surface area contributed by atoms with Gasteiger partial charge in [-0.05, 0) is 23.8 Å². The van der Waals surface area contributed by atoms with E-state index in [0.717, 1.165) is 0 Å². The molecule has 0 aliphatic carbocycles. The number of halogens is 1. The van der Waals surface area contributed by atoms with E-state index < -0.39 is 11.8 Å². The first-order chi connectivity index (χ1) is 8.16. The number of rotatable bonds is 3. The summed E-state index contributed by atoms with van der Waals surface area (Å²) in [6.45, 7) is 0. The van der Waals surface area contributed by atoms with Crippen molar-refractivity contribution in [3.63, 3.8) is 0 Å². The van der Waals surface area contributed by atoms with Crippen LogP contribution >= 0.6 is 0 Å². The molecule has 0 aliphatic rings. The van der Waals surface area contributed by atoms with E-state index in [0.29, 0.717) is 11.1 Å². The van der Waals surface area contributed by atoms with Gasteiger partial charge in [0.25, 0.3) is 0 Å². The van der Waals surface area contributed by atoms with Gasteiger partial charge in [-0.25, -0.2) is 4.39 Å². The highest BCUT2D eigenvalue weighted by molar-refractivity contribution is 5.70. The molecule has 2 heterocycles. The summed E-state index contributed by atoms with van der Waals surface area (Å²) in [6, 6.07) is 4.56. The maximum Gasteiger partial charge on any atom is 0.307 e. The van der Waals surface area contributed by atoms with Gasteiger partial charge in [-0.3, -0.25) is 14.8 Å². The van der Waals surface area contributed by atoms with Crippen LogP contribution in [-0.2, 0) is 11.2 Å². The molecule has 2 rings (SSSR count). The van der Waals surface area contributed by atoms with Crippen molar-refractivity contribution in [2.45, 2.75) is 6.42 Å². The quantitative estimate of drug-likeness (QED) is 0.877. The Bertz CT molecular complexity index is 543. The van der Waals surface area contributed by atoms with Crippen LogP contribution in [0, 0.1) is 5.82 Å². The van der Waals surface area contributed by atoms with E-state index in [1.54, 1.807) is 18.3 Å². The minimum absolute atomic E-state index is 0.173. The first-order valence-corrected chi connectivity index (χ1v) is 4.93. The minimum atomic E-state index is -1.01. The van der Waals surface area contributed by atoms with Gasteiger partial charge in [0.2, 0.25) is 0 Å². The summed E-state index contributed by atoms with van der Waals surface area (Å²) >= 11 is 0. The van der Waals surface area contributed by atoms with Crippen LogP contribution in [0.1, 0.15) is 5.56 Å². The Morgan fingerprint density at radius 3 is 2.82 bits per heavy atom. The van der Waals surface area contributed by atoms with Crippen LogP contribution in [0.15, 0.2) is 36.8 Å². The predicted molar refractivity (Wildman–Crippen MR) is 58.8 cm³/mol. The zero-order chi connectivity index (χ0) is 12.3. The molecule has 0 unspecified atom stereocenters. The van der Waals surface area contributed by atoms with Crippen molar-refractivity contribution in [2.75, 3.05) is 0 Å². The van der Waals surface area contributed by atoms with Crippen LogP contribution in [0.4, 0.5) is 4.39 Å². The molecular formula is C12H9FN2O2. The third kappa shape index (κ3) is 2.63.